The highest BCUT2D eigenvalue weighted by atomic mass is 35.5. The summed E-state index contributed by atoms with van der Waals surface area (Å²) in [5.74, 6) is -0.0141. The lowest BCUT2D eigenvalue weighted by molar-refractivity contribution is 0.0746. The molecule has 2 aromatic rings. The summed E-state index contributed by atoms with van der Waals surface area (Å²) in [5.41, 5.74) is 1.41. The number of nitrogens with zero attached hydrogens (tertiary/aromatic N) is 3. The van der Waals surface area contributed by atoms with E-state index in [-0.39, 0.29) is 11.9 Å². The number of halogens is 1. The number of carbonyl (C=O) groups is 1. The second-order valence-electron chi connectivity index (χ2n) is 4.64. The zero-order valence-electron chi connectivity index (χ0n) is 10.9. The fraction of sp³-hybridized carbons (Fsp3) is 0.385. The molecule has 0 bridgehead atoms. The van der Waals surface area contributed by atoms with E-state index in [1.54, 1.807) is 22.7 Å². The molecule has 0 aliphatic carbocycles. The van der Waals surface area contributed by atoms with Gasteiger partial charge in [-0.05, 0) is 26.0 Å². The zero-order valence-corrected chi connectivity index (χ0v) is 11.7. The summed E-state index contributed by atoms with van der Waals surface area (Å²) < 4.78 is 1.80. The number of amides is 1. The van der Waals surface area contributed by atoms with Gasteiger partial charge in [-0.15, -0.1) is 0 Å². The van der Waals surface area contributed by atoms with Crippen molar-refractivity contribution in [3.05, 3.63) is 29.2 Å². The number of rotatable bonds is 2. The molecule has 0 N–H and O–H groups in total. The average Bonchev–Trinajstić information content (AvgIpc) is 2.66. The highest BCUT2D eigenvalue weighted by Gasteiger charge is 2.20. The van der Waals surface area contributed by atoms with Crippen molar-refractivity contribution in [2.45, 2.75) is 19.9 Å². The van der Waals surface area contributed by atoms with E-state index in [1.165, 1.54) is 0 Å². The average molecular weight is 266 g/mol. The highest BCUT2D eigenvalue weighted by Crippen LogP contribution is 2.24. The van der Waals surface area contributed by atoms with Gasteiger partial charge in [0.2, 0.25) is 0 Å². The molecular formula is C13H16ClN3O. The standard InChI is InChI=1S/C13H16ClN3O/c1-8(2)16(3)13(18)10-7-9-5-6-15-12(14)11(9)17(10)4/h5-8H,1-4H3. The van der Waals surface area contributed by atoms with Crippen molar-refractivity contribution < 1.29 is 4.79 Å². The molecule has 18 heavy (non-hydrogen) atoms. The number of fused-ring (bicyclic) bond motifs is 1. The Kier molecular flexibility index (Phi) is 3.30. The molecule has 0 spiro atoms. The first kappa shape index (κ1) is 12.9. The summed E-state index contributed by atoms with van der Waals surface area (Å²) in [4.78, 5) is 18.1. The van der Waals surface area contributed by atoms with Crippen LogP contribution in [-0.4, -0.2) is 33.4 Å². The van der Waals surface area contributed by atoms with Gasteiger partial charge in [-0.25, -0.2) is 4.98 Å². The second kappa shape index (κ2) is 4.61. The topological polar surface area (TPSA) is 38.1 Å². The van der Waals surface area contributed by atoms with Gasteiger partial charge in [-0.2, -0.15) is 0 Å². The predicted octanol–water partition coefficient (Wildman–Crippen LogP) is 2.71. The number of carbonyl (C=O) groups excluding carboxylic acids is 1. The van der Waals surface area contributed by atoms with Crippen LogP contribution in [0.4, 0.5) is 0 Å². The van der Waals surface area contributed by atoms with Crippen molar-refractivity contribution in [1.82, 2.24) is 14.5 Å². The van der Waals surface area contributed by atoms with Crippen molar-refractivity contribution in [2.75, 3.05) is 7.05 Å². The van der Waals surface area contributed by atoms with Crippen LogP contribution >= 0.6 is 11.6 Å². The second-order valence-corrected chi connectivity index (χ2v) is 5.00. The van der Waals surface area contributed by atoms with Crippen LogP contribution in [0.3, 0.4) is 0 Å². The van der Waals surface area contributed by atoms with Gasteiger partial charge < -0.3 is 9.47 Å². The zero-order chi connectivity index (χ0) is 13.4. The Labute approximate surface area is 111 Å². The summed E-state index contributed by atoms with van der Waals surface area (Å²) in [6.07, 6.45) is 1.64. The predicted molar refractivity (Wildman–Crippen MR) is 73.0 cm³/mol. The van der Waals surface area contributed by atoms with Crippen molar-refractivity contribution in [1.29, 1.82) is 0 Å². The number of pyridine rings is 1. The summed E-state index contributed by atoms with van der Waals surface area (Å²) in [6.45, 7) is 3.96. The molecule has 2 rings (SSSR count). The minimum absolute atomic E-state index is 0.0141. The van der Waals surface area contributed by atoms with Crippen LogP contribution in [0.15, 0.2) is 18.3 Å². The van der Waals surface area contributed by atoms with Crippen molar-refractivity contribution in [3.63, 3.8) is 0 Å². The minimum atomic E-state index is -0.0141. The van der Waals surface area contributed by atoms with Crippen molar-refractivity contribution >= 4 is 28.4 Å². The molecule has 1 amide bonds. The van der Waals surface area contributed by atoms with Crippen LogP contribution in [0.5, 0.6) is 0 Å². The van der Waals surface area contributed by atoms with Crippen LogP contribution in [0.1, 0.15) is 24.3 Å². The van der Waals surface area contributed by atoms with E-state index >= 15 is 0 Å². The molecule has 0 unspecified atom stereocenters. The Balaban J connectivity index is 2.56. The molecule has 0 saturated heterocycles. The van der Waals surface area contributed by atoms with Gasteiger partial charge >= 0.3 is 0 Å². The Morgan fingerprint density at radius 1 is 1.50 bits per heavy atom. The molecule has 0 fully saturated rings. The number of hydrogen-bond donors (Lipinski definition) is 0. The van der Waals surface area contributed by atoms with E-state index in [4.69, 9.17) is 11.6 Å². The molecule has 2 aromatic heterocycles. The van der Waals surface area contributed by atoms with Crippen molar-refractivity contribution in [2.24, 2.45) is 7.05 Å². The van der Waals surface area contributed by atoms with E-state index in [0.717, 1.165) is 10.9 Å². The highest BCUT2D eigenvalue weighted by molar-refractivity contribution is 6.34. The molecule has 0 atom stereocenters. The third-order valence-electron chi connectivity index (χ3n) is 3.21. The Morgan fingerprint density at radius 3 is 2.72 bits per heavy atom. The van der Waals surface area contributed by atoms with Gasteiger partial charge in [0.1, 0.15) is 5.69 Å². The molecule has 5 heteroatoms. The molecule has 0 aliphatic heterocycles. The van der Waals surface area contributed by atoms with Gasteiger partial charge in [-0.1, -0.05) is 11.6 Å². The largest absolute Gasteiger partial charge is 0.338 e. The van der Waals surface area contributed by atoms with Crippen LogP contribution in [0.25, 0.3) is 10.9 Å². The number of aromatic nitrogens is 2. The van der Waals surface area contributed by atoms with E-state index in [9.17, 15) is 4.79 Å². The van der Waals surface area contributed by atoms with Gasteiger partial charge in [0.25, 0.3) is 5.91 Å². The molecular weight excluding hydrogens is 250 g/mol. The molecule has 96 valence electrons. The fourth-order valence-electron chi connectivity index (χ4n) is 1.88. The summed E-state index contributed by atoms with van der Waals surface area (Å²) in [7, 11) is 3.63. The smallest absolute Gasteiger partial charge is 0.270 e. The van der Waals surface area contributed by atoms with E-state index in [0.29, 0.717) is 10.8 Å². The first-order valence-electron chi connectivity index (χ1n) is 5.80. The molecule has 0 radical (unpaired) electrons. The van der Waals surface area contributed by atoms with E-state index in [1.807, 2.05) is 33.0 Å². The first-order chi connectivity index (χ1) is 8.43. The lowest BCUT2D eigenvalue weighted by Crippen LogP contribution is -2.34. The maximum absolute atomic E-state index is 12.3. The molecule has 4 nitrogen and oxygen atoms in total. The van der Waals surface area contributed by atoms with E-state index < -0.39 is 0 Å². The lowest BCUT2D eigenvalue weighted by atomic mass is 10.2. The summed E-state index contributed by atoms with van der Waals surface area (Å²) >= 11 is 6.07. The maximum Gasteiger partial charge on any atom is 0.270 e. The number of hydrogen-bond acceptors (Lipinski definition) is 2. The van der Waals surface area contributed by atoms with Gasteiger partial charge in [-0.3, -0.25) is 4.79 Å². The van der Waals surface area contributed by atoms with Crippen molar-refractivity contribution in [3.8, 4) is 0 Å². The monoisotopic (exact) mass is 265 g/mol. The fourth-order valence-corrected chi connectivity index (χ4v) is 2.17. The van der Waals surface area contributed by atoms with Gasteiger partial charge in [0.15, 0.2) is 5.15 Å². The van der Waals surface area contributed by atoms with Crippen LogP contribution in [-0.2, 0) is 7.05 Å². The molecule has 0 aliphatic rings. The normalized spacial score (nSPS) is 11.2. The van der Waals surface area contributed by atoms with Crippen LogP contribution in [0.2, 0.25) is 5.15 Å². The molecule has 2 heterocycles. The Morgan fingerprint density at radius 2 is 2.17 bits per heavy atom. The Hall–Kier alpha value is -1.55. The molecule has 0 aromatic carbocycles. The lowest BCUT2D eigenvalue weighted by Gasteiger charge is -2.21. The summed E-state index contributed by atoms with van der Waals surface area (Å²) in [5, 5.41) is 1.35. The van der Waals surface area contributed by atoms with Crippen LogP contribution in [0, 0.1) is 0 Å². The maximum atomic E-state index is 12.3. The third-order valence-corrected chi connectivity index (χ3v) is 3.49. The Bertz CT molecular complexity index is 604. The quantitative estimate of drug-likeness (QED) is 0.783. The third kappa shape index (κ3) is 1.97. The van der Waals surface area contributed by atoms with Gasteiger partial charge in [0.05, 0.1) is 5.52 Å². The van der Waals surface area contributed by atoms with Gasteiger partial charge in [0, 0.05) is 31.7 Å². The van der Waals surface area contributed by atoms with Crippen LogP contribution < -0.4 is 0 Å². The molecule has 0 saturated carbocycles. The first-order valence-corrected chi connectivity index (χ1v) is 6.18. The number of aryl methyl sites for hydroxylation is 1. The van der Waals surface area contributed by atoms with E-state index in [2.05, 4.69) is 4.98 Å². The SMILES string of the molecule is CC(C)N(C)C(=O)c1cc2ccnc(Cl)c2n1C. The minimum Gasteiger partial charge on any atom is -0.338 e. The summed E-state index contributed by atoms with van der Waals surface area (Å²) in [6, 6.07) is 3.86.